The zero-order chi connectivity index (χ0) is 22.2. The second-order valence-electron chi connectivity index (χ2n) is 8.95. The number of nitrogens with one attached hydrogen (secondary N) is 1. The molecule has 1 aliphatic carbocycles. The van der Waals surface area contributed by atoms with E-state index in [1.165, 1.54) is 12.4 Å². The highest BCUT2D eigenvalue weighted by atomic mass is 35.5. The Morgan fingerprint density at radius 2 is 1.70 bits per heavy atom. The second-order valence-corrected chi connectivity index (χ2v) is 9.39. The Kier molecular flexibility index (Phi) is 6.09. The average molecular weight is 428 g/mol. The van der Waals surface area contributed by atoms with Gasteiger partial charge in [0.25, 0.3) is 0 Å². The van der Waals surface area contributed by atoms with Gasteiger partial charge in [-0.15, -0.1) is 0 Å². The first-order chi connectivity index (χ1) is 14.0. The molecule has 6 nitrogen and oxygen atoms in total. The summed E-state index contributed by atoms with van der Waals surface area (Å²) < 4.78 is 0. The summed E-state index contributed by atoms with van der Waals surface area (Å²) in [5.41, 5.74) is 2.80. The lowest BCUT2D eigenvalue weighted by Gasteiger charge is -2.21. The van der Waals surface area contributed by atoms with Gasteiger partial charge in [-0.3, -0.25) is 14.4 Å². The van der Waals surface area contributed by atoms with E-state index in [1.54, 1.807) is 0 Å². The standard InChI is InChI=1S/C23H26ClN3O3/c1-12-6-15(22-25-10-16(24)11-26-22)7-13(2)19(12)20-17(28)8-14(21(20)30)9-18(29)27-23(3,4)5/h6-7,10-11,14,20H,8-9H2,1-5H3,(H,27,29)/t14-,20?/m1/s1. The Balaban J connectivity index is 1.86. The van der Waals surface area contributed by atoms with Crippen molar-refractivity contribution in [1.82, 2.24) is 15.3 Å². The maximum atomic E-state index is 13.1. The van der Waals surface area contributed by atoms with Gasteiger partial charge in [0.15, 0.2) is 11.6 Å². The Morgan fingerprint density at radius 1 is 1.13 bits per heavy atom. The summed E-state index contributed by atoms with van der Waals surface area (Å²) >= 11 is 5.86. The molecule has 0 saturated heterocycles. The van der Waals surface area contributed by atoms with E-state index in [-0.39, 0.29) is 35.9 Å². The van der Waals surface area contributed by atoms with E-state index in [4.69, 9.17) is 11.6 Å². The maximum Gasteiger partial charge on any atom is 0.221 e. The van der Waals surface area contributed by atoms with Gasteiger partial charge < -0.3 is 5.32 Å². The van der Waals surface area contributed by atoms with Gasteiger partial charge in [-0.25, -0.2) is 9.97 Å². The van der Waals surface area contributed by atoms with Crippen LogP contribution < -0.4 is 5.32 Å². The van der Waals surface area contributed by atoms with E-state index in [1.807, 2.05) is 46.8 Å². The van der Waals surface area contributed by atoms with E-state index < -0.39 is 11.8 Å². The van der Waals surface area contributed by atoms with Gasteiger partial charge in [0, 0.05) is 42.3 Å². The van der Waals surface area contributed by atoms with Crippen LogP contribution in [0.1, 0.15) is 56.2 Å². The fraction of sp³-hybridized carbons (Fsp3) is 0.435. The summed E-state index contributed by atoms with van der Waals surface area (Å²) in [4.78, 5) is 46.6. The summed E-state index contributed by atoms with van der Waals surface area (Å²) in [6.07, 6.45) is 3.19. The molecule has 0 spiro atoms. The van der Waals surface area contributed by atoms with Crippen molar-refractivity contribution in [3.8, 4) is 11.4 Å². The molecule has 1 fully saturated rings. The minimum Gasteiger partial charge on any atom is -0.351 e. The molecule has 1 amide bonds. The zero-order valence-corrected chi connectivity index (χ0v) is 18.6. The van der Waals surface area contributed by atoms with Crippen LogP contribution in [-0.2, 0) is 14.4 Å². The fourth-order valence-corrected chi connectivity index (χ4v) is 4.14. The Labute approximate surface area is 181 Å². The van der Waals surface area contributed by atoms with Crippen LogP contribution in [0, 0.1) is 19.8 Å². The summed E-state index contributed by atoms with van der Waals surface area (Å²) in [5.74, 6) is -1.39. The monoisotopic (exact) mass is 427 g/mol. The molecule has 30 heavy (non-hydrogen) atoms. The number of carbonyl (C=O) groups excluding carboxylic acids is 3. The molecule has 0 aliphatic heterocycles. The van der Waals surface area contributed by atoms with Crippen molar-refractivity contribution in [2.45, 2.75) is 58.9 Å². The van der Waals surface area contributed by atoms with E-state index in [2.05, 4.69) is 15.3 Å². The largest absolute Gasteiger partial charge is 0.351 e. The topological polar surface area (TPSA) is 89.0 Å². The van der Waals surface area contributed by atoms with Crippen LogP contribution >= 0.6 is 11.6 Å². The zero-order valence-electron chi connectivity index (χ0n) is 17.9. The minimum atomic E-state index is -0.822. The second kappa shape index (κ2) is 8.26. The molecule has 3 rings (SSSR count). The summed E-state index contributed by atoms with van der Waals surface area (Å²) in [7, 11) is 0. The number of hydrogen-bond acceptors (Lipinski definition) is 5. The van der Waals surface area contributed by atoms with E-state index in [9.17, 15) is 14.4 Å². The van der Waals surface area contributed by atoms with Crippen LogP contribution in [0.15, 0.2) is 24.5 Å². The predicted molar refractivity (Wildman–Crippen MR) is 115 cm³/mol. The van der Waals surface area contributed by atoms with E-state index in [0.717, 1.165) is 22.3 Å². The van der Waals surface area contributed by atoms with Crippen LogP contribution in [0.2, 0.25) is 5.02 Å². The highest BCUT2D eigenvalue weighted by molar-refractivity contribution is 6.30. The first-order valence-corrected chi connectivity index (χ1v) is 10.3. The molecule has 0 radical (unpaired) electrons. The molecule has 0 bridgehead atoms. The van der Waals surface area contributed by atoms with Crippen LogP contribution in [0.5, 0.6) is 0 Å². The molecule has 2 aromatic rings. The third-order valence-corrected chi connectivity index (χ3v) is 5.36. The lowest BCUT2D eigenvalue weighted by atomic mass is 9.86. The molecule has 1 unspecified atom stereocenters. The third-order valence-electron chi connectivity index (χ3n) is 5.16. The molecule has 1 aromatic heterocycles. The summed E-state index contributed by atoms with van der Waals surface area (Å²) in [6.45, 7) is 9.40. The van der Waals surface area contributed by atoms with Gasteiger partial charge in [0.05, 0.1) is 5.02 Å². The van der Waals surface area contributed by atoms with Crippen molar-refractivity contribution >= 4 is 29.1 Å². The van der Waals surface area contributed by atoms with E-state index in [0.29, 0.717) is 10.8 Å². The Hall–Kier alpha value is -2.60. The fourth-order valence-electron chi connectivity index (χ4n) is 4.05. The van der Waals surface area contributed by atoms with Crippen molar-refractivity contribution in [2.75, 3.05) is 0 Å². The van der Waals surface area contributed by atoms with Gasteiger partial charge in [-0.1, -0.05) is 11.6 Å². The molecule has 7 heteroatoms. The van der Waals surface area contributed by atoms with Crippen LogP contribution in [0.25, 0.3) is 11.4 Å². The summed E-state index contributed by atoms with van der Waals surface area (Å²) in [6, 6.07) is 3.76. The molecule has 1 aliphatic rings. The molecule has 2 atom stereocenters. The van der Waals surface area contributed by atoms with Crippen molar-refractivity contribution in [3.63, 3.8) is 0 Å². The number of benzene rings is 1. The number of ketones is 2. The molecule has 1 saturated carbocycles. The number of amides is 1. The number of nitrogens with zero attached hydrogens (tertiary/aromatic N) is 2. The van der Waals surface area contributed by atoms with Crippen molar-refractivity contribution < 1.29 is 14.4 Å². The van der Waals surface area contributed by atoms with E-state index >= 15 is 0 Å². The van der Waals surface area contributed by atoms with Gasteiger partial charge in [-0.05, 0) is 63.4 Å². The van der Waals surface area contributed by atoms with Gasteiger partial charge >= 0.3 is 0 Å². The molecular weight excluding hydrogens is 402 g/mol. The smallest absolute Gasteiger partial charge is 0.221 e. The highest BCUT2D eigenvalue weighted by Crippen LogP contribution is 2.38. The van der Waals surface area contributed by atoms with Gasteiger partial charge in [0.2, 0.25) is 5.91 Å². The lowest BCUT2D eigenvalue weighted by Crippen LogP contribution is -2.41. The van der Waals surface area contributed by atoms with Gasteiger partial charge in [-0.2, -0.15) is 0 Å². The quantitative estimate of drug-likeness (QED) is 0.746. The summed E-state index contributed by atoms with van der Waals surface area (Å²) in [5, 5.41) is 3.31. The number of rotatable bonds is 4. The van der Waals surface area contributed by atoms with Crippen LogP contribution in [-0.4, -0.2) is 33.0 Å². The minimum absolute atomic E-state index is 0.0349. The molecular formula is C23H26ClN3O3. The highest BCUT2D eigenvalue weighted by Gasteiger charge is 2.44. The third kappa shape index (κ3) is 4.75. The Bertz CT molecular complexity index is 986. The predicted octanol–water partition coefficient (Wildman–Crippen LogP) is 3.96. The number of carbonyl (C=O) groups is 3. The number of halogens is 1. The average Bonchev–Trinajstić information content (AvgIpc) is 2.87. The SMILES string of the molecule is Cc1cc(-c2ncc(Cl)cn2)cc(C)c1C1C(=O)C[C@H](CC(=O)NC(C)(C)C)C1=O. The Morgan fingerprint density at radius 3 is 2.23 bits per heavy atom. The number of Topliss-reactive ketones (excluding diaryl/α,β-unsaturated/α-hetero) is 2. The van der Waals surface area contributed by atoms with Crippen molar-refractivity contribution in [3.05, 3.63) is 46.2 Å². The van der Waals surface area contributed by atoms with Gasteiger partial charge in [0.1, 0.15) is 11.7 Å². The number of aromatic nitrogens is 2. The lowest BCUT2D eigenvalue weighted by molar-refractivity contribution is -0.129. The first kappa shape index (κ1) is 22.1. The number of hydrogen-bond donors (Lipinski definition) is 1. The van der Waals surface area contributed by atoms with Crippen molar-refractivity contribution in [2.24, 2.45) is 5.92 Å². The van der Waals surface area contributed by atoms with Crippen molar-refractivity contribution in [1.29, 1.82) is 0 Å². The molecule has 1 N–H and O–H groups in total. The normalized spacial score (nSPS) is 19.3. The maximum absolute atomic E-state index is 13.1. The first-order valence-electron chi connectivity index (χ1n) is 9.93. The number of aryl methyl sites for hydroxylation is 2. The van der Waals surface area contributed by atoms with Crippen LogP contribution in [0.4, 0.5) is 0 Å². The van der Waals surface area contributed by atoms with Crippen LogP contribution in [0.3, 0.4) is 0 Å². The molecule has 158 valence electrons. The molecule has 1 heterocycles. The molecule has 1 aromatic carbocycles.